The van der Waals surface area contributed by atoms with Crippen LogP contribution >= 0.6 is 0 Å². The highest BCUT2D eigenvalue weighted by Crippen LogP contribution is 2.26. The Bertz CT molecular complexity index is 1070. The summed E-state index contributed by atoms with van der Waals surface area (Å²) in [5, 5.41) is 13.1. The standard InChI is InChI=1S/C21H21N5O/c1-14-7-6-10-26-18(12-22-20(14)26)19-17(13-27)11-23-21(25-19)24-15(2)16-8-4-3-5-9-16/h3-12,15,27H,13H2,1-2H3,(H,23,24,25)/t15-/m0/s1. The molecule has 0 unspecified atom stereocenters. The number of aliphatic hydroxyl groups is 1. The number of anilines is 1. The summed E-state index contributed by atoms with van der Waals surface area (Å²) in [4.78, 5) is 13.6. The number of aromatic nitrogens is 4. The van der Waals surface area contributed by atoms with Crippen LogP contribution in [0.15, 0.2) is 61.1 Å². The highest BCUT2D eigenvalue weighted by molar-refractivity contribution is 5.65. The topological polar surface area (TPSA) is 75.3 Å². The molecule has 6 nitrogen and oxygen atoms in total. The molecule has 0 saturated carbocycles. The normalized spacial score (nSPS) is 12.3. The Balaban J connectivity index is 1.74. The van der Waals surface area contributed by atoms with Crippen LogP contribution in [0.4, 0.5) is 5.95 Å². The number of imidazole rings is 1. The molecule has 0 radical (unpaired) electrons. The van der Waals surface area contributed by atoms with Crippen molar-refractivity contribution in [3.8, 4) is 11.4 Å². The van der Waals surface area contributed by atoms with Gasteiger partial charge >= 0.3 is 0 Å². The van der Waals surface area contributed by atoms with Crippen molar-refractivity contribution >= 4 is 11.6 Å². The van der Waals surface area contributed by atoms with Gasteiger partial charge in [0.2, 0.25) is 5.95 Å². The maximum atomic E-state index is 9.76. The highest BCUT2D eigenvalue weighted by Gasteiger charge is 2.15. The smallest absolute Gasteiger partial charge is 0.223 e. The molecule has 1 atom stereocenters. The van der Waals surface area contributed by atoms with E-state index in [1.807, 2.05) is 47.9 Å². The molecule has 4 rings (SSSR count). The summed E-state index contributed by atoms with van der Waals surface area (Å²) in [7, 11) is 0. The average molecular weight is 359 g/mol. The lowest BCUT2D eigenvalue weighted by molar-refractivity contribution is 0.281. The minimum absolute atomic E-state index is 0.0588. The number of nitrogens with zero attached hydrogens (tertiary/aromatic N) is 4. The lowest BCUT2D eigenvalue weighted by Gasteiger charge is -2.15. The van der Waals surface area contributed by atoms with Gasteiger partial charge in [0.05, 0.1) is 30.2 Å². The molecule has 0 aliphatic rings. The van der Waals surface area contributed by atoms with E-state index >= 15 is 0 Å². The second-order valence-electron chi connectivity index (χ2n) is 6.53. The second kappa shape index (κ2) is 7.17. The summed E-state index contributed by atoms with van der Waals surface area (Å²) in [6.45, 7) is 3.95. The Morgan fingerprint density at radius 3 is 2.67 bits per heavy atom. The molecule has 136 valence electrons. The van der Waals surface area contributed by atoms with E-state index in [0.717, 1.165) is 22.5 Å². The lowest BCUT2D eigenvalue weighted by atomic mass is 10.1. The van der Waals surface area contributed by atoms with Crippen molar-refractivity contribution in [2.45, 2.75) is 26.5 Å². The second-order valence-corrected chi connectivity index (χ2v) is 6.53. The van der Waals surface area contributed by atoms with Crippen molar-refractivity contribution in [2.75, 3.05) is 5.32 Å². The van der Waals surface area contributed by atoms with Gasteiger partial charge in [-0.2, -0.15) is 0 Å². The van der Waals surface area contributed by atoms with Crippen molar-refractivity contribution < 1.29 is 5.11 Å². The number of aliphatic hydroxyl groups excluding tert-OH is 1. The largest absolute Gasteiger partial charge is 0.392 e. The first-order chi connectivity index (χ1) is 13.2. The van der Waals surface area contributed by atoms with Gasteiger partial charge in [-0.15, -0.1) is 0 Å². The van der Waals surface area contributed by atoms with Gasteiger partial charge in [0.1, 0.15) is 5.65 Å². The number of pyridine rings is 1. The number of benzene rings is 1. The van der Waals surface area contributed by atoms with Gasteiger partial charge in [-0.1, -0.05) is 36.4 Å². The van der Waals surface area contributed by atoms with E-state index in [-0.39, 0.29) is 12.6 Å². The Hall–Kier alpha value is -3.25. The summed E-state index contributed by atoms with van der Waals surface area (Å²) in [5.74, 6) is 0.515. The zero-order valence-corrected chi connectivity index (χ0v) is 15.3. The van der Waals surface area contributed by atoms with Crippen molar-refractivity contribution in [2.24, 2.45) is 0 Å². The average Bonchev–Trinajstić information content (AvgIpc) is 3.14. The molecule has 3 heterocycles. The first-order valence-electron chi connectivity index (χ1n) is 8.88. The van der Waals surface area contributed by atoms with E-state index in [9.17, 15) is 5.11 Å². The minimum Gasteiger partial charge on any atom is -0.392 e. The van der Waals surface area contributed by atoms with E-state index in [2.05, 4.69) is 39.3 Å². The van der Waals surface area contributed by atoms with Gasteiger partial charge in [0.25, 0.3) is 0 Å². The molecule has 0 bridgehead atoms. The number of rotatable bonds is 5. The molecule has 0 saturated heterocycles. The molecule has 2 N–H and O–H groups in total. The summed E-state index contributed by atoms with van der Waals surface area (Å²) >= 11 is 0. The van der Waals surface area contributed by atoms with E-state index in [0.29, 0.717) is 17.2 Å². The van der Waals surface area contributed by atoms with Crippen molar-refractivity contribution in [3.05, 3.63) is 77.7 Å². The van der Waals surface area contributed by atoms with E-state index in [1.165, 1.54) is 0 Å². The molecule has 0 spiro atoms. The van der Waals surface area contributed by atoms with Crippen LogP contribution in [0.5, 0.6) is 0 Å². The first-order valence-corrected chi connectivity index (χ1v) is 8.88. The summed E-state index contributed by atoms with van der Waals surface area (Å²) < 4.78 is 1.99. The molecule has 3 aromatic heterocycles. The molecule has 1 aromatic carbocycles. The number of hydrogen-bond acceptors (Lipinski definition) is 5. The first kappa shape index (κ1) is 17.2. The molecule has 0 aliphatic heterocycles. The number of hydrogen-bond donors (Lipinski definition) is 2. The van der Waals surface area contributed by atoms with Crippen LogP contribution in [0.2, 0.25) is 0 Å². The fraction of sp³-hybridized carbons (Fsp3) is 0.190. The maximum absolute atomic E-state index is 9.76. The molecular formula is C21H21N5O. The molecule has 0 fully saturated rings. The third kappa shape index (κ3) is 3.27. The Morgan fingerprint density at radius 1 is 1.07 bits per heavy atom. The lowest BCUT2D eigenvalue weighted by Crippen LogP contribution is -2.11. The Labute approximate surface area is 157 Å². The van der Waals surface area contributed by atoms with Crippen LogP contribution in [0.25, 0.3) is 17.0 Å². The minimum atomic E-state index is -0.136. The van der Waals surface area contributed by atoms with Gasteiger partial charge in [-0.3, -0.25) is 4.40 Å². The Kier molecular flexibility index (Phi) is 4.56. The predicted molar refractivity (Wildman–Crippen MR) is 105 cm³/mol. The van der Waals surface area contributed by atoms with Crippen LogP contribution in [-0.4, -0.2) is 24.5 Å². The third-order valence-corrected chi connectivity index (χ3v) is 4.65. The van der Waals surface area contributed by atoms with Crippen molar-refractivity contribution in [3.63, 3.8) is 0 Å². The summed E-state index contributed by atoms with van der Waals surface area (Å²) in [6.07, 6.45) is 5.40. The third-order valence-electron chi connectivity index (χ3n) is 4.65. The van der Waals surface area contributed by atoms with E-state index in [4.69, 9.17) is 0 Å². The highest BCUT2D eigenvalue weighted by atomic mass is 16.3. The molecular weight excluding hydrogens is 338 g/mol. The molecule has 4 aromatic rings. The van der Waals surface area contributed by atoms with Gasteiger partial charge in [0.15, 0.2) is 0 Å². The SMILES string of the molecule is Cc1cccn2c(-c3nc(N[C@@H](C)c4ccccc4)ncc3CO)cnc12. The van der Waals surface area contributed by atoms with Crippen LogP contribution < -0.4 is 5.32 Å². The Morgan fingerprint density at radius 2 is 1.89 bits per heavy atom. The van der Waals surface area contributed by atoms with Crippen LogP contribution in [0, 0.1) is 6.92 Å². The predicted octanol–water partition coefficient (Wildman–Crippen LogP) is 3.77. The van der Waals surface area contributed by atoms with Crippen LogP contribution in [0.1, 0.15) is 29.7 Å². The monoisotopic (exact) mass is 359 g/mol. The quantitative estimate of drug-likeness (QED) is 0.567. The van der Waals surface area contributed by atoms with Crippen molar-refractivity contribution in [1.29, 1.82) is 0 Å². The number of aryl methyl sites for hydroxylation is 1. The zero-order chi connectivity index (χ0) is 18.8. The zero-order valence-electron chi connectivity index (χ0n) is 15.3. The molecule has 0 aliphatic carbocycles. The fourth-order valence-corrected chi connectivity index (χ4v) is 3.16. The van der Waals surface area contributed by atoms with Gasteiger partial charge in [0, 0.05) is 18.0 Å². The summed E-state index contributed by atoms with van der Waals surface area (Å²) in [6, 6.07) is 14.2. The maximum Gasteiger partial charge on any atom is 0.223 e. The van der Waals surface area contributed by atoms with E-state index < -0.39 is 0 Å². The van der Waals surface area contributed by atoms with Gasteiger partial charge in [-0.05, 0) is 31.0 Å². The van der Waals surface area contributed by atoms with Gasteiger partial charge in [-0.25, -0.2) is 15.0 Å². The number of fused-ring (bicyclic) bond motifs is 1. The molecule has 6 heteroatoms. The van der Waals surface area contributed by atoms with Crippen LogP contribution in [0.3, 0.4) is 0 Å². The summed E-state index contributed by atoms with van der Waals surface area (Å²) in [5.41, 5.74) is 5.28. The van der Waals surface area contributed by atoms with Crippen LogP contribution in [-0.2, 0) is 6.61 Å². The van der Waals surface area contributed by atoms with Crippen molar-refractivity contribution in [1.82, 2.24) is 19.4 Å². The van der Waals surface area contributed by atoms with Gasteiger partial charge < -0.3 is 10.4 Å². The fourth-order valence-electron chi connectivity index (χ4n) is 3.16. The number of nitrogens with one attached hydrogen (secondary N) is 1. The molecule has 0 amide bonds. The van der Waals surface area contributed by atoms with E-state index in [1.54, 1.807) is 12.4 Å². The molecule has 27 heavy (non-hydrogen) atoms.